The third-order valence-electron chi connectivity index (χ3n) is 3.71. The molecule has 1 aliphatic heterocycles. The lowest BCUT2D eigenvalue weighted by atomic mass is 9.90. The molecule has 6 heteroatoms. The standard InChI is InChI=1S/C13H19N3O2S/c1-8-3-2-4-16(10(8)6-14)13(18)11-5-9(7-19-11)12(15)17/h5,7-8,10H,2-4,6,14H2,1H3,(H2,15,17)/t8-,10+/m1/s1. The van der Waals surface area contributed by atoms with Crippen LogP contribution >= 0.6 is 11.3 Å². The molecular formula is C13H19N3O2S. The van der Waals surface area contributed by atoms with E-state index in [1.54, 1.807) is 11.4 Å². The molecule has 1 aromatic heterocycles. The van der Waals surface area contributed by atoms with Crippen molar-refractivity contribution >= 4 is 23.2 Å². The molecule has 2 atom stereocenters. The number of amides is 2. The molecule has 5 nitrogen and oxygen atoms in total. The van der Waals surface area contributed by atoms with Gasteiger partial charge in [-0.1, -0.05) is 6.92 Å². The number of hydrogen-bond acceptors (Lipinski definition) is 4. The van der Waals surface area contributed by atoms with Gasteiger partial charge in [-0.2, -0.15) is 0 Å². The van der Waals surface area contributed by atoms with Crippen LogP contribution in [0.15, 0.2) is 11.4 Å². The van der Waals surface area contributed by atoms with E-state index in [0.29, 0.717) is 22.9 Å². The van der Waals surface area contributed by atoms with E-state index in [4.69, 9.17) is 11.5 Å². The third-order valence-corrected chi connectivity index (χ3v) is 4.63. The van der Waals surface area contributed by atoms with Gasteiger partial charge in [0.25, 0.3) is 5.91 Å². The first-order chi connectivity index (χ1) is 9.04. The molecule has 0 spiro atoms. The van der Waals surface area contributed by atoms with Gasteiger partial charge in [-0.3, -0.25) is 9.59 Å². The van der Waals surface area contributed by atoms with E-state index in [1.165, 1.54) is 11.3 Å². The Morgan fingerprint density at radius 1 is 1.53 bits per heavy atom. The fourth-order valence-electron chi connectivity index (χ4n) is 2.58. The number of hydrogen-bond donors (Lipinski definition) is 2. The van der Waals surface area contributed by atoms with Crippen molar-refractivity contribution in [3.63, 3.8) is 0 Å². The van der Waals surface area contributed by atoms with Crippen LogP contribution in [-0.4, -0.2) is 35.8 Å². The molecule has 2 rings (SSSR count). The lowest BCUT2D eigenvalue weighted by Crippen LogP contribution is -2.51. The van der Waals surface area contributed by atoms with Crippen LogP contribution < -0.4 is 11.5 Å². The van der Waals surface area contributed by atoms with Crippen LogP contribution in [0.3, 0.4) is 0 Å². The number of carbonyl (C=O) groups excluding carboxylic acids is 2. The number of thiophene rings is 1. The summed E-state index contributed by atoms with van der Waals surface area (Å²) < 4.78 is 0. The van der Waals surface area contributed by atoms with Crippen molar-refractivity contribution in [1.29, 1.82) is 0 Å². The third kappa shape index (κ3) is 2.79. The summed E-state index contributed by atoms with van der Waals surface area (Å²) in [7, 11) is 0. The van der Waals surface area contributed by atoms with Gasteiger partial charge >= 0.3 is 0 Å². The van der Waals surface area contributed by atoms with E-state index in [-0.39, 0.29) is 11.9 Å². The number of carbonyl (C=O) groups is 2. The van der Waals surface area contributed by atoms with Crippen molar-refractivity contribution in [2.45, 2.75) is 25.8 Å². The van der Waals surface area contributed by atoms with Gasteiger partial charge in [0.1, 0.15) is 0 Å². The van der Waals surface area contributed by atoms with Crippen LogP contribution in [0.25, 0.3) is 0 Å². The predicted molar refractivity (Wildman–Crippen MR) is 75.1 cm³/mol. The maximum atomic E-state index is 12.5. The average molecular weight is 281 g/mol. The second kappa shape index (κ2) is 5.71. The topological polar surface area (TPSA) is 89.4 Å². The van der Waals surface area contributed by atoms with Gasteiger partial charge in [-0.15, -0.1) is 11.3 Å². The minimum atomic E-state index is -0.502. The molecule has 0 bridgehead atoms. The molecule has 0 unspecified atom stereocenters. The predicted octanol–water partition coefficient (Wildman–Crippen LogP) is 1.05. The minimum Gasteiger partial charge on any atom is -0.366 e. The summed E-state index contributed by atoms with van der Waals surface area (Å²) in [4.78, 5) is 25.9. The Morgan fingerprint density at radius 2 is 2.26 bits per heavy atom. The lowest BCUT2D eigenvalue weighted by molar-refractivity contribution is 0.0537. The van der Waals surface area contributed by atoms with Crippen molar-refractivity contribution in [1.82, 2.24) is 4.90 Å². The Labute approximate surface area is 116 Å². The van der Waals surface area contributed by atoms with Gasteiger partial charge in [0.15, 0.2) is 0 Å². The highest BCUT2D eigenvalue weighted by atomic mass is 32.1. The highest BCUT2D eigenvalue weighted by molar-refractivity contribution is 7.12. The van der Waals surface area contributed by atoms with Gasteiger partial charge in [-0.05, 0) is 24.8 Å². The van der Waals surface area contributed by atoms with Gasteiger partial charge < -0.3 is 16.4 Å². The fourth-order valence-corrected chi connectivity index (χ4v) is 3.43. The van der Waals surface area contributed by atoms with Crippen LogP contribution in [0.1, 0.15) is 39.8 Å². The first-order valence-corrected chi connectivity index (χ1v) is 7.32. The summed E-state index contributed by atoms with van der Waals surface area (Å²) in [6, 6.07) is 1.66. The molecule has 1 saturated heterocycles. The maximum Gasteiger partial charge on any atom is 0.264 e. The SMILES string of the molecule is C[C@@H]1CCCN(C(=O)c2cc(C(N)=O)cs2)[C@H]1CN. The summed E-state index contributed by atoms with van der Waals surface area (Å²) >= 11 is 1.26. The van der Waals surface area contributed by atoms with Gasteiger partial charge in [0.2, 0.25) is 5.91 Å². The van der Waals surface area contributed by atoms with Crippen molar-refractivity contribution in [3.8, 4) is 0 Å². The molecule has 1 aliphatic rings. The quantitative estimate of drug-likeness (QED) is 0.867. The Morgan fingerprint density at radius 3 is 2.84 bits per heavy atom. The first kappa shape index (κ1) is 14.0. The van der Waals surface area contributed by atoms with E-state index in [9.17, 15) is 9.59 Å². The summed E-state index contributed by atoms with van der Waals surface area (Å²) in [5.41, 5.74) is 11.4. The van der Waals surface area contributed by atoms with Crippen LogP contribution in [0, 0.1) is 5.92 Å². The number of rotatable bonds is 3. The van der Waals surface area contributed by atoms with Crippen molar-refractivity contribution in [2.75, 3.05) is 13.1 Å². The summed E-state index contributed by atoms with van der Waals surface area (Å²) in [6.45, 7) is 3.33. The van der Waals surface area contributed by atoms with E-state index >= 15 is 0 Å². The zero-order valence-corrected chi connectivity index (χ0v) is 11.8. The molecule has 0 radical (unpaired) electrons. The average Bonchev–Trinajstić information content (AvgIpc) is 2.87. The summed E-state index contributed by atoms with van der Waals surface area (Å²) in [6.07, 6.45) is 2.10. The first-order valence-electron chi connectivity index (χ1n) is 6.44. The Balaban J connectivity index is 2.19. The minimum absolute atomic E-state index is 0.0421. The number of primary amides is 1. The molecule has 1 aromatic rings. The fraction of sp³-hybridized carbons (Fsp3) is 0.538. The van der Waals surface area contributed by atoms with Crippen LogP contribution in [0.5, 0.6) is 0 Å². The Bertz CT molecular complexity index is 486. The molecular weight excluding hydrogens is 262 g/mol. The highest BCUT2D eigenvalue weighted by Crippen LogP contribution is 2.26. The van der Waals surface area contributed by atoms with Gasteiger partial charge in [0.05, 0.1) is 10.4 Å². The molecule has 2 heterocycles. The summed E-state index contributed by atoms with van der Waals surface area (Å²) in [5, 5.41) is 1.63. The Kier molecular flexibility index (Phi) is 4.21. The van der Waals surface area contributed by atoms with Crippen molar-refractivity contribution in [3.05, 3.63) is 21.9 Å². The molecule has 0 saturated carbocycles. The van der Waals surface area contributed by atoms with E-state index in [2.05, 4.69) is 6.92 Å². The maximum absolute atomic E-state index is 12.5. The van der Waals surface area contributed by atoms with Crippen LogP contribution in [0.4, 0.5) is 0 Å². The number of nitrogens with zero attached hydrogens (tertiary/aromatic N) is 1. The van der Waals surface area contributed by atoms with Gasteiger partial charge in [0, 0.05) is 24.5 Å². The monoisotopic (exact) mass is 281 g/mol. The lowest BCUT2D eigenvalue weighted by Gasteiger charge is -2.39. The van der Waals surface area contributed by atoms with E-state index < -0.39 is 5.91 Å². The van der Waals surface area contributed by atoms with Crippen LogP contribution in [-0.2, 0) is 0 Å². The van der Waals surface area contributed by atoms with Crippen LogP contribution in [0.2, 0.25) is 0 Å². The molecule has 19 heavy (non-hydrogen) atoms. The number of likely N-dealkylation sites (tertiary alicyclic amines) is 1. The Hall–Kier alpha value is -1.40. The number of piperidine rings is 1. The normalized spacial score (nSPS) is 23.4. The smallest absolute Gasteiger partial charge is 0.264 e. The zero-order chi connectivity index (χ0) is 14.0. The van der Waals surface area contributed by atoms with Crippen molar-refractivity contribution < 1.29 is 9.59 Å². The van der Waals surface area contributed by atoms with E-state index in [0.717, 1.165) is 19.4 Å². The molecule has 0 aromatic carbocycles. The number of nitrogens with two attached hydrogens (primary N) is 2. The largest absolute Gasteiger partial charge is 0.366 e. The second-order valence-corrected chi connectivity index (χ2v) is 5.90. The van der Waals surface area contributed by atoms with E-state index in [1.807, 2.05) is 4.90 Å². The molecule has 2 amide bonds. The molecule has 1 fully saturated rings. The summed E-state index contributed by atoms with van der Waals surface area (Å²) in [5.74, 6) is -0.129. The molecule has 0 aliphatic carbocycles. The second-order valence-electron chi connectivity index (χ2n) is 4.98. The zero-order valence-electron chi connectivity index (χ0n) is 11.0. The van der Waals surface area contributed by atoms with Crippen molar-refractivity contribution in [2.24, 2.45) is 17.4 Å². The highest BCUT2D eigenvalue weighted by Gasteiger charge is 2.31. The van der Waals surface area contributed by atoms with Gasteiger partial charge in [-0.25, -0.2) is 0 Å². The molecule has 4 N–H and O–H groups in total. The molecule has 104 valence electrons.